The molecule has 1 aromatic carbocycles. The number of hydrogen-bond donors (Lipinski definition) is 2. The molecule has 0 radical (unpaired) electrons. The molecule has 0 amide bonds. The van der Waals surface area contributed by atoms with Crippen molar-refractivity contribution in [2.24, 2.45) is 5.73 Å². The van der Waals surface area contributed by atoms with E-state index in [0.29, 0.717) is 12.1 Å². The molecule has 0 fully saturated rings. The van der Waals surface area contributed by atoms with Crippen LogP contribution in [0.25, 0.3) is 6.08 Å². The molecule has 0 aromatic heterocycles. The van der Waals surface area contributed by atoms with Crippen LogP contribution in [0.2, 0.25) is 0 Å². The van der Waals surface area contributed by atoms with Crippen molar-refractivity contribution in [2.45, 2.75) is 0 Å². The van der Waals surface area contributed by atoms with Gasteiger partial charge in [0.05, 0.1) is 0 Å². The summed E-state index contributed by atoms with van der Waals surface area (Å²) in [5.74, 6) is 0.194. The zero-order valence-electron chi connectivity index (χ0n) is 9.71. The van der Waals surface area contributed by atoms with Crippen LogP contribution in [0.3, 0.4) is 0 Å². The molecule has 0 atom stereocenters. The van der Waals surface area contributed by atoms with E-state index < -0.39 is 0 Å². The fourth-order valence-corrected chi connectivity index (χ4v) is 1.35. The summed E-state index contributed by atoms with van der Waals surface area (Å²) < 4.78 is 0. The van der Waals surface area contributed by atoms with Crippen molar-refractivity contribution >= 4 is 6.08 Å². The van der Waals surface area contributed by atoms with Crippen LogP contribution in [-0.4, -0.2) is 11.7 Å². The van der Waals surface area contributed by atoms with Crippen LogP contribution in [0.15, 0.2) is 72.5 Å². The molecule has 1 aromatic rings. The summed E-state index contributed by atoms with van der Waals surface area (Å²) in [4.78, 5) is 0. The van der Waals surface area contributed by atoms with Gasteiger partial charge in [-0.1, -0.05) is 61.2 Å². The van der Waals surface area contributed by atoms with Crippen LogP contribution in [0, 0.1) is 0 Å². The fraction of sp³-hybridized carbons (Fsp3) is 0.0667. The second kappa shape index (κ2) is 7.25. The average Bonchev–Trinajstić information content (AvgIpc) is 2.35. The summed E-state index contributed by atoms with van der Waals surface area (Å²) in [6, 6.07) is 9.62. The first kappa shape index (κ1) is 13.0. The number of allylic oxidation sites excluding steroid dienone is 3. The lowest BCUT2D eigenvalue weighted by atomic mass is 10.1. The normalized spacial score (nSPS) is 13.0. The maximum Gasteiger partial charge on any atom is 0.123 e. The Balaban J connectivity index is 2.96. The predicted molar refractivity (Wildman–Crippen MR) is 73.5 cm³/mol. The number of benzene rings is 1. The molecule has 0 bridgehead atoms. The van der Waals surface area contributed by atoms with Crippen molar-refractivity contribution in [1.29, 1.82) is 0 Å². The van der Waals surface area contributed by atoms with E-state index in [1.54, 1.807) is 30.4 Å². The van der Waals surface area contributed by atoms with E-state index in [1.165, 1.54) is 0 Å². The maximum atomic E-state index is 9.97. The Kier molecular flexibility index (Phi) is 5.55. The van der Waals surface area contributed by atoms with E-state index in [9.17, 15) is 5.11 Å². The van der Waals surface area contributed by atoms with Gasteiger partial charge in [-0.15, -0.1) is 0 Å². The number of rotatable bonds is 5. The summed E-state index contributed by atoms with van der Waals surface area (Å²) in [5, 5.41) is 9.97. The molecule has 1 rings (SSSR count). The standard InChI is InChI=1S/C15H17NO/c1-2-3-9-14(10-11-16)15(17)12-13-7-5-4-6-8-13/h2-10,12,17H,1,11,16H2/b9-3-,14-10+,15-12-. The monoisotopic (exact) mass is 227 g/mol. The van der Waals surface area contributed by atoms with Crippen molar-refractivity contribution in [1.82, 2.24) is 0 Å². The molecule has 17 heavy (non-hydrogen) atoms. The molecular weight excluding hydrogens is 210 g/mol. The Labute approximate surface area is 102 Å². The molecule has 88 valence electrons. The smallest absolute Gasteiger partial charge is 0.123 e. The van der Waals surface area contributed by atoms with Crippen LogP contribution in [0.5, 0.6) is 0 Å². The van der Waals surface area contributed by atoms with Gasteiger partial charge in [0, 0.05) is 12.1 Å². The fourth-order valence-electron chi connectivity index (χ4n) is 1.35. The van der Waals surface area contributed by atoms with Crippen molar-refractivity contribution in [3.8, 4) is 0 Å². The molecule has 3 N–H and O–H groups in total. The highest BCUT2D eigenvalue weighted by Crippen LogP contribution is 2.13. The lowest BCUT2D eigenvalue weighted by Gasteiger charge is -2.01. The summed E-state index contributed by atoms with van der Waals surface area (Å²) in [6.07, 6.45) is 8.65. The van der Waals surface area contributed by atoms with Gasteiger partial charge in [0.25, 0.3) is 0 Å². The predicted octanol–water partition coefficient (Wildman–Crippen LogP) is 3.21. The first-order valence-electron chi connectivity index (χ1n) is 5.43. The van der Waals surface area contributed by atoms with E-state index in [1.807, 2.05) is 30.3 Å². The Morgan fingerprint density at radius 3 is 2.59 bits per heavy atom. The van der Waals surface area contributed by atoms with Crippen LogP contribution in [-0.2, 0) is 0 Å². The Morgan fingerprint density at radius 2 is 2.00 bits per heavy atom. The van der Waals surface area contributed by atoms with Crippen molar-refractivity contribution in [2.75, 3.05) is 6.54 Å². The lowest BCUT2D eigenvalue weighted by Crippen LogP contribution is -1.96. The van der Waals surface area contributed by atoms with Gasteiger partial charge in [0.2, 0.25) is 0 Å². The molecule has 0 aliphatic heterocycles. The Morgan fingerprint density at radius 1 is 1.29 bits per heavy atom. The third kappa shape index (κ3) is 4.53. The van der Waals surface area contributed by atoms with Gasteiger partial charge in [-0.05, 0) is 11.6 Å². The molecule has 0 aliphatic carbocycles. The molecule has 0 spiro atoms. The second-order valence-corrected chi connectivity index (χ2v) is 3.43. The van der Waals surface area contributed by atoms with Gasteiger partial charge < -0.3 is 10.8 Å². The van der Waals surface area contributed by atoms with Gasteiger partial charge in [0.1, 0.15) is 5.76 Å². The van der Waals surface area contributed by atoms with Gasteiger partial charge in [-0.2, -0.15) is 0 Å². The van der Waals surface area contributed by atoms with Gasteiger partial charge in [0.15, 0.2) is 0 Å². The second-order valence-electron chi connectivity index (χ2n) is 3.43. The van der Waals surface area contributed by atoms with E-state index >= 15 is 0 Å². The SMILES string of the molecule is C=C\C=C/C(=C\CN)C(/O)=C/c1ccccc1. The highest BCUT2D eigenvalue weighted by Gasteiger charge is 1.98. The molecule has 2 heteroatoms. The van der Waals surface area contributed by atoms with Crippen LogP contribution in [0.4, 0.5) is 0 Å². The molecule has 0 unspecified atom stereocenters. The topological polar surface area (TPSA) is 46.2 Å². The number of hydrogen-bond acceptors (Lipinski definition) is 2. The molecule has 0 heterocycles. The molecule has 2 nitrogen and oxygen atoms in total. The Hall–Kier alpha value is -2.06. The van der Waals surface area contributed by atoms with Crippen LogP contribution < -0.4 is 5.73 Å². The van der Waals surface area contributed by atoms with Crippen LogP contribution in [0.1, 0.15) is 5.56 Å². The number of nitrogens with two attached hydrogens (primary N) is 1. The minimum absolute atomic E-state index is 0.194. The minimum atomic E-state index is 0.194. The summed E-state index contributed by atoms with van der Waals surface area (Å²) in [6.45, 7) is 3.97. The maximum absolute atomic E-state index is 9.97. The molecule has 0 saturated carbocycles. The highest BCUT2D eigenvalue weighted by atomic mass is 16.3. The molecule has 0 saturated heterocycles. The van der Waals surface area contributed by atoms with E-state index in [0.717, 1.165) is 5.56 Å². The number of aliphatic hydroxyl groups excluding tert-OH is 1. The van der Waals surface area contributed by atoms with Crippen molar-refractivity contribution in [3.05, 3.63) is 78.1 Å². The molecule has 0 aliphatic rings. The summed E-state index contributed by atoms with van der Waals surface area (Å²) in [7, 11) is 0. The number of aliphatic hydroxyl groups is 1. The first-order chi connectivity index (χ1) is 8.27. The van der Waals surface area contributed by atoms with Crippen LogP contribution >= 0.6 is 0 Å². The molecular formula is C15H17NO. The van der Waals surface area contributed by atoms with Gasteiger partial charge >= 0.3 is 0 Å². The Bertz CT molecular complexity index is 441. The quantitative estimate of drug-likeness (QED) is 0.599. The lowest BCUT2D eigenvalue weighted by molar-refractivity contribution is 0.431. The zero-order chi connectivity index (χ0) is 12.5. The van der Waals surface area contributed by atoms with E-state index in [4.69, 9.17) is 5.73 Å². The van der Waals surface area contributed by atoms with Crippen molar-refractivity contribution in [3.63, 3.8) is 0 Å². The largest absolute Gasteiger partial charge is 0.507 e. The summed E-state index contributed by atoms with van der Waals surface area (Å²) >= 11 is 0. The van der Waals surface area contributed by atoms with Gasteiger partial charge in [-0.25, -0.2) is 0 Å². The zero-order valence-corrected chi connectivity index (χ0v) is 9.71. The first-order valence-corrected chi connectivity index (χ1v) is 5.43. The minimum Gasteiger partial charge on any atom is -0.507 e. The van der Waals surface area contributed by atoms with E-state index in [-0.39, 0.29) is 5.76 Å². The third-order valence-corrected chi connectivity index (χ3v) is 2.15. The summed E-state index contributed by atoms with van der Waals surface area (Å²) in [5.41, 5.74) is 7.09. The highest BCUT2D eigenvalue weighted by molar-refractivity contribution is 5.57. The third-order valence-electron chi connectivity index (χ3n) is 2.15. The van der Waals surface area contributed by atoms with Gasteiger partial charge in [-0.3, -0.25) is 0 Å². The van der Waals surface area contributed by atoms with E-state index in [2.05, 4.69) is 6.58 Å². The van der Waals surface area contributed by atoms with Crippen molar-refractivity contribution < 1.29 is 5.11 Å². The average molecular weight is 227 g/mol.